The van der Waals surface area contributed by atoms with E-state index in [0.717, 1.165) is 29.5 Å². The first-order valence-corrected chi connectivity index (χ1v) is 8.78. The molecule has 2 aliphatic rings. The van der Waals surface area contributed by atoms with Crippen molar-refractivity contribution in [3.8, 4) is 0 Å². The first-order chi connectivity index (χ1) is 10.1. The van der Waals surface area contributed by atoms with Gasteiger partial charge in [-0.15, -0.1) is 0 Å². The van der Waals surface area contributed by atoms with Crippen LogP contribution in [0.2, 0.25) is 0 Å². The Kier molecular flexibility index (Phi) is 4.78. The molecule has 1 amide bonds. The zero-order valence-electron chi connectivity index (χ0n) is 11.3. The maximum Gasteiger partial charge on any atom is 0.266 e. The van der Waals surface area contributed by atoms with Crippen LogP contribution in [0.15, 0.2) is 33.6 Å². The monoisotopic (exact) mass is 383 g/mol. The van der Waals surface area contributed by atoms with Gasteiger partial charge in [-0.3, -0.25) is 9.69 Å². The van der Waals surface area contributed by atoms with Gasteiger partial charge in [0, 0.05) is 11.1 Å². The molecule has 1 aromatic rings. The number of thiocarbonyl (C=S) groups is 1. The molecular formula is C15H14BrNO2S2. The van der Waals surface area contributed by atoms with Crippen LogP contribution in [0.5, 0.6) is 0 Å². The van der Waals surface area contributed by atoms with Gasteiger partial charge >= 0.3 is 0 Å². The summed E-state index contributed by atoms with van der Waals surface area (Å²) in [6.07, 6.45) is 4.07. The number of rotatable bonds is 3. The van der Waals surface area contributed by atoms with Gasteiger partial charge < -0.3 is 4.74 Å². The SMILES string of the molecule is O=C1/C(=C/c2ccccc2Br)SC(=S)N1C[C@H]1CCCO1. The molecule has 2 heterocycles. The lowest BCUT2D eigenvalue weighted by Crippen LogP contribution is -2.35. The van der Waals surface area contributed by atoms with Crippen molar-refractivity contribution < 1.29 is 9.53 Å². The number of amides is 1. The molecule has 0 saturated carbocycles. The number of carbonyl (C=O) groups is 1. The molecule has 0 radical (unpaired) electrons. The van der Waals surface area contributed by atoms with Gasteiger partial charge in [-0.25, -0.2) is 0 Å². The second-order valence-corrected chi connectivity index (χ2v) is 7.48. The van der Waals surface area contributed by atoms with Gasteiger partial charge in [0.25, 0.3) is 5.91 Å². The van der Waals surface area contributed by atoms with Crippen molar-refractivity contribution in [2.75, 3.05) is 13.2 Å². The Balaban J connectivity index is 1.78. The minimum Gasteiger partial charge on any atom is -0.376 e. The summed E-state index contributed by atoms with van der Waals surface area (Å²) in [5, 5.41) is 0. The van der Waals surface area contributed by atoms with E-state index in [1.807, 2.05) is 30.3 Å². The molecule has 1 aromatic carbocycles. The van der Waals surface area contributed by atoms with Crippen LogP contribution in [-0.4, -0.2) is 34.4 Å². The molecule has 0 aromatic heterocycles. The highest BCUT2D eigenvalue weighted by molar-refractivity contribution is 9.10. The number of thioether (sulfide) groups is 1. The lowest BCUT2D eigenvalue weighted by Gasteiger charge is -2.18. The van der Waals surface area contributed by atoms with E-state index in [9.17, 15) is 4.79 Å². The largest absolute Gasteiger partial charge is 0.376 e. The smallest absolute Gasteiger partial charge is 0.266 e. The van der Waals surface area contributed by atoms with Crippen LogP contribution in [0, 0.1) is 0 Å². The number of benzene rings is 1. The summed E-state index contributed by atoms with van der Waals surface area (Å²) in [5.41, 5.74) is 0.982. The van der Waals surface area contributed by atoms with Gasteiger partial charge in [0.15, 0.2) is 0 Å². The Bertz CT molecular complexity index is 611. The lowest BCUT2D eigenvalue weighted by atomic mass is 10.2. The Labute approximate surface area is 141 Å². The average molecular weight is 384 g/mol. The standard InChI is InChI=1S/C15H14BrNO2S2/c16-12-6-2-1-4-10(12)8-13-14(18)17(15(20)21-13)9-11-5-3-7-19-11/h1-2,4,6,8,11H,3,5,7,9H2/b13-8-/t11-/m1/s1. The van der Waals surface area contributed by atoms with E-state index in [2.05, 4.69) is 15.9 Å². The van der Waals surface area contributed by atoms with Crippen LogP contribution in [0.4, 0.5) is 0 Å². The molecule has 21 heavy (non-hydrogen) atoms. The summed E-state index contributed by atoms with van der Waals surface area (Å²) in [7, 11) is 0. The zero-order valence-corrected chi connectivity index (χ0v) is 14.5. The molecule has 2 aliphatic heterocycles. The van der Waals surface area contributed by atoms with Crippen molar-refractivity contribution in [3.05, 3.63) is 39.2 Å². The second-order valence-electron chi connectivity index (χ2n) is 4.95. The van der Waals surface area contributed by atoms with Crippen LogP contribution in [0.3, 0.4) is 0 Å². The average Bonchev–Trinajstić information content (AvgIpc) is 3.06. The van der Waals surface area contributed by atoms with Crippen LogP contribution in [0.25, 0.3) is 6.08 Å². The summed E-state index contributed by atoms with van der Waals surface area (Å²) in [6.45, 7) is 1.35. The Morgan fingerprint density at radius 2 is 2.29 bits per heavy atom. The predicted octanol–water partition coefficient (Wildman–Crippen LogP) is 3.83. The molecule has 0 N–H and O–H groups in total. The Hall–Kier alpha value is -0.690. The predicted molar refractivity (Wildman–Crippen MR) is 93.0 cm³/mol. The van der Waals surface area contributed by atoms with Crippen molar-refractivity contribution in [2.24, 2.45) is 0 Å². The summed E-state index contributed by atoms with van der Waals surface area (Å²) in [4.78, 5) is 14.8. The van der Waals surface area contributed by atoms with Crippen LogP contribution in [0.1, 0.15) is 18.4 Å². The van der Waals surface area contributed by atoms with Gasteiger partial charge in [0.2, 0.25) is 0 Å². The maximum absolute atomic E-state index is 12.5. The number of nitrogens with zero attached hydrogens (tertiary/aromatic N) is 1. The number of ether oxygens (including phenoxy) is 1. The van der Waals surface area contributed by atoms with E-state index in [-0.39, 0.29) is 12.0 Å². The molecule has 0 unspecified atom stereocenters. The van der Waals surface area contributed by atoms with Gasteiger partial charge in [-0.1, -0.05) is 58.1 Å². The number of halogens is 1. The second kappa shape index (κ2) is 6.60. The maximum atomic E-state index is 12.5. The fraction of sp³-hybridized carbons (Fsp3) is 0.333. The highest BCUT2D eigenvalue weighted by atomic mass is 79.9. The first-order valence-electron chi connectivity index (χ1n) is 6.76. The lowest BCUT2D eigenvalue weighted by molar-refractivity contribution is -0.123. The van der Waals surface area contributed by atoms with Gasteiger partial charge in [-0.05, 0) is 30.5 Å². The van der Waals surface area contributed by atoms with Crippen LogP contribution in [-0.2, 0) is 9.53 Å². The molecule has 0 bridgehead atoms. The van der Waals surface area contributed by atoms with Crippen molar-refractivity contribution in [3.63, 3.8) is 0 Å². The van der Waals surface area contributed by atoms with Crippen LogP contribution < -0.4 is 0 Å². The van der Waals surface area contributed by atoms with E-state index >= 15 is 0 Å². The zero-order chi connectivity index (χ0) is 14.8. The molecule has 1 atom stereocenters. The number of hydrogen-bond acceptors (Lipinski definition) is 4. The molecule has 2 saturated heterocycles. The molecule has 110 valence electrons. The normalized spacial score (nSPS) is 24.3. The molecule has 2 fully saturated rings. The van der Waals surface area contributed by atoms with E-state index in [0.29, 0.717) is 15.8 Å². The highest BCUT2D eigenvalue weighted by Crippen LogP contribution is 2.34. The minimum absolute atomic E-state index is 0.0174. The first kappa shape index (κ1) is 15.2. The van der Waals surface area contributed by atoms with Crippen molar-refractivity contribution >= 4 is 56.2 Å². The quantitative estimate of drug-likeness (QED) is 0.585. The van der Waals surface area contributed by atoms with E-state index in [1.165, 1.54) is 11.8 Å². The fourth-order valence-electron chi connectivity index (χ4n) is 2.38. The number of hydrogen-bond donors (Lipinski definition) is 0. The van der Waals surface area contributed by atoms with Crippen molar-refractivity contribution in [2.45, 2.75) is 18.9 Å². The molecule has 3 nitrogen and oxygen atoms in total. The number of carbonyl (C=O) groups excluding carboxylic acids is 1. The molecule has 6 heteroatoms. The molecule has 3 rings (SSSR count). The third kappa shape index (κ3) is 3.39. The van der Waals surface area contributed by atoms with E-state index < -0.39 is 0 Å². The van der Waals surface area contributed by atoms with Crippen LogP contribution >= 0.6 is 39.9 Å². The summed E-state index contributed by atoms with van der Waals surface area (Å²) < 4.78 is 7.18. The molecule has 0 spiro atoms. The summed E-state index contributed by atoms with van der Waals surface area (Å²) in [5.74, 6) is -0.0174. The third-order valence-electron chi connectivity index (χ3n) is 3.48. The van der Waals surface area contributed by atoms with Gasteiger partial charge in [0.05, 0.1) is 17.6 Å². The summed E-state index contributed by atoms with van der Waals surface area (Å²) in [6, 6.07) is 7.82. The topological polar surface area (TPSA) is 29.5 Å². The van der Waals surface area contributed by atoms with E-state index in [1.54, 1.807) is 4.90 Å². The molecular weight excluding hydrogens is 370 g/mol. The third-order valence-corrected chi connectivity index (χ3v) is 5.58. The highest BCUT2D eigenvalue weighted by Gasteiger charge is 2.34. The fourth-order valence-corrected chi connectivity index (χ4v) is 4.05. The van der Waals surface area contributed by atoms with Crippen molar-refractivity contribution in [1.82, 2.24) is 4.90 Å². The molecule has 0 aliphatic carbocycles. The van der Waals surface area contributed by atoms with Gasteiger partial charge in [0.1, 0.15) is 4.32 Å². The summed E-state index contributed by atoms with van der Waals surface area (Å²) >= 11 is 10.2. The Morgan fingerprint density at radius 1 is 1.48 bits per heavy atom. The van der Waals surface area contributed by atoms with Crippen molar-refractivity contribution in [1.29, 1.82) is 0 Å². The Morgan fingerprint density at radius 3 is 3.00 bits per heavy atom. The minimum atomic E-state index is -0.0174. The van der Waals surface area contributed by atoms with Gasteiger partial charge in [-0.2, -0.15) is 0 Å². The van der Waals surface area contributed by atoms with E-state index in [4.69, 9.17) is 17.0 Å².